The summed E-state index contributed by atoms with van der Waals surface area (Å²) in [6, 6.07) is 8.27. The minimum atomic E-state index is -0.815. The molecular weight excluding hydrogens is 362 g/mol. The van der Waals surface area contributed by atoms with Crippen molar-refractivity contribution in [2.24, 2.45) is 0 Å². The highest BCUT2D eigenvalue weighted by molar-refractivity contribution is 5.81. The second kappa shape index (κ2) is 7.62. The summed E-state index contributed by atoms with van der Waals surface area (Å²) >= 11 is 0. The van der Waals surface area contributed by atoms with Crippen molar-refractivity contribution in [1.82, 2.24) is 14.6 Å². The summed E-state index contributed by atoms with van der Waals surface area (Å²) in [6.07, 6.45) is 1.35. The zero-order chi connectivity index (χ0) is 21.5. The lowest BCUT2D eigenvalue weighted by molar-refractivity contribution is -0.139. The van der Waals surface area contributed by atoms with Crippen molar-refractivity contribution in [3.63, 3.8) is 0 Å². The van der Waals surface area contributed by atoms with Crippen molar-refractivity contribution in [1.29, 1.82) is 0 Å². The molecule has 0 fully saturated rings. The monoisotopic (exact) mass is 393 g/mol. The third-order valence-electron chi connectivity index (χ3n) is 5.60. The largest absolute Gasteiger partial charge is 0.481 e. The Morgan fingerprint density at radius 1 is 1.14 bits per heavy atom. The van der Waals surface area contributed by atoms with E-state index in [0.29, 0.717) is 6.42 Å². The van der Waals surface area contributed by atoms with Crippen LogP contribution in [0.1, 0.15) is 74.5 Å². The molecule has 29 heavy (non-hydrogen) atoms. The van der Waals surface area contributed by atoms with Gasteiger partial charge in [0.25, 0.3) is 0 Å². The highest BCUT2D eigenvalue weighted by atomic mass is 16.4. The molecule has 2 aromatic heterocycles. The number of hydrogen-bond donors (Lipinski definition) is 1. The van der Waals surface area contributed by atoms with Gasteiger partial charge in [0.15, 0.2) is 5.65 Å². The quantitative estimate of drug-likeness (QED) is 0.614. The van der Waals surface area contributed by atoms with Crippen LogP contribution in [0, 0.1) is 20.8 Å². The molecule has 0 saturated heterocycles. The highest BCUT2D eigenvalue weighted by Gasteiger charge is 2.29. The molecule has 3 rings (SSSR count). The molecule has 0 saturated carbocycles. The maximum absolute atomic E-state index is 12.2. The SMILES string of the molecule is CCCC(C(=O)O)c1c(C)nc2cc(C(C)(C)C)nn2c1-c1ccc(C)c(C)c1. The van der Waals surface area contributed by atoms with Gasteiger partial charge in [-0.3, -0.25) is 4.79 Å². The van der Waals surface area contributed by atoms with E-state index in [1.54, 1.807) is 0 Å². The Bertz CT molecular complexity index is 1070. The summed E-state index contributed by atoms with van der Waals surface area (Å²) in [7, 11) is 0. The van der Waals surface area contributed by atoms with Crippen molar-refractivity contribution in [2.45, 2.75) is 72.6 Å². The summed E-state index contributed by atoms with van der Waals surface area (Å²) in [5, 5.41) is 14.9. The van der Waals surface area contributed by atoms with E-state index in [4.69, 9.17) is 10.1 Å². The van der Waals surface area contributed by atoms with Gasteiger partial charge in [0, 0.05) is 28.3 Å². The minimum absolute atomic E-state index is 0.127. The number of rotatable bonds is 5. The fraction of sp³-hybridized carbons (Fsp3) is 0.458. The molecule has 0 aliphatic rings. The van der Waals surface area contributed by atoms with Crippen LogP contribution in [0.15, 0.2) is 24.3 Å². The summed E-state index contributed by atoms with van der Waals surface area (Å²) in [5.41, 5.74) is 7.27. The van der Waals surface area contributed by atoms with Gasteiger partial charge >= 0.3 is 5.97 Å². The normalized spacial score (nSPS) is 13.1. The van der Waals surface area contributed by atoms with Crippen LogP contribution >= 0.6 is 0 Å². The molecule has 154 valence electrons. The van der Waals surface area contributed by atoms with E-state index in [-0.39, 0.29) is 5.41 Å². The number of nitrogens with zero attached hydrogens (tertiary/aromatic N) is 3. The molecule has 0 aliphatic carbocycles. The predicted octanol–water partition coefficient (Wildman–Crippen LogP) is 5.59. The Morgan fingerprint density at radius 3 is 2.38 bits per heavy atom. The second-order valence-electron chi connectivity index (χ2n) is 8.99. The van der Waals surface area contributed by atoms with Crippen LogP contribution in [-0.4, -0.2) is 25.7 Å². The van der Waals surface area contributed by atoms with Crippen molar-refractivity contribution in [3.8, 4) is 11.3 Å². The molecule has 1 N–H and O–H groups in total. The number of fused-ring (bicyclic) bond motifs is 1. The molecule has 5 heteroatoms. The molecule has 5 nitrogen and oxygen atoms in total. The van der Waals surface area contributed by atoms with Gasteiger partial charge in [-0.2, -0.15) is 5.10 Å². The molecule has 0 bridgehead atoms. The highest BCUT2D eigenvalue weighted by Crippen LogP contribution is 2.36. The molecule has 1 atom stereocenters. The molecule has 1 unspecified atom stereocenters. The molecular formula is C24H31N3O2. The van der Waals surface area contributed by atoms with E-state index in [1.165, 1.54) is 11.1 Å². The van der Waals surface area contributed by atoms with Crippen LogP contribution in [0.3, 0.4) is 0 Å². The van der Waals surface area contributed by atoms with Gasteiger partial charge in [0.05, 0.1) is 17.3 Å². The van der Waals surface area contributed by atoms with Crippen LogP contribution in [-0.2, 0) is 10.2 Å². The Kier molecular flexibility index (Phi) is 5.52. The van der Waals surface area contributed by atoms with Crippen LogP contribution < -0.4 is 0 Å². The fourth-order valence-corrected chi connectivity index (χ4v) is 3.76. The zero-order valence-corrected chi connectivity index (χ0v) is 18.5. The van der Waals surface area contributed by atoms with Crippen molar-refractivity contribution < 1.29 is 9.90 Å². The first-order valence-corrected chi connectivity index (χ1v) is 10.3. The lowest BCUT2D eigenvalue weighted by atomic mass is 9.89. The van der Waals surface area contributed by atoms with E-state index < -0.39 is 11.9 Å². The zero-order valence-electron chi connectivity index (χ0n) is 18.5. The first-order valence-electron chi connectivity index (χ1n) is 10.3. The Hall–Kier alpha value is -2.69. The molecule has 0 radical (unpaired) electrons. The van der Waals surface area contributed by atoms with Crippen molar-refractivity contribution in [2.75, 3.05) is 0 Å². The maximum atomic E-state index is 12.2. The molecule has 0 amide bonds. The molecule has 0 aliphatic heterocycles. The van der Waals surface area contributed by atoms with E-state index in [1.807, 2.05) is 24.4 Å². The van der Waals surface area contributed by atoms with Gasteiger partial charge in [-0.15, -0.1) is 0 Å². The fourth-order valence-electron chi connectivity index (χ4n) is 3.76. The van der Waals surface area contributed by atoms with Gasteiger partial charge in [-0.1, -0.05) is 46.2 Å². The standard InChI is InChI=1S/C24H31N3O2/c1-8-9-18(23(28)29)21-16(4)25-20-13-19(24(5,6)7)26-27(20)22(21)17-11-10-14(2)15(3)12-17/h10-13,18H,8-9H2,1-7H3,(H,28,29). The first-order chi connectivity index (χ1) is 13.5. The lowest BCUT2D eigenvalue weighted by Gasteiger charge is -2.20. The Balaban J connectivity index is 2.43. The number of carboxylic acids is 1. The number of hydrogen-bond acceptors (Lipinski definition) is 3. The summed E-state index contributed by atoms with van der Waals surface area (Å²) in [4.78, 5) is 16.9. The van der Waals surface area contributed by atoms with Crippen molar-refractivity contribution in [3.05, 3.63) is 52.3 Å². The molecule has 2 heterocycles. The van der Waals surface area contributed by atoms with Crippen LogP contribution in [0.4, 0.5) is 0 Å². The van der Waals surface area contributed by atoms with Crippen molar-refractivity contribution >= 4 is 11.6 Å². The third kappa shape index (κ3) is 3.91. The minimum Gasteiger partial charge on any atom is -0.481 e. The van der Waals surface area contributed by atoms with Gasteiger partial charge < -0.3 is 5.11 Å². The van der Waals surface area contributed by atoms with Gasteiger partial charge in [0.2, 0.25) is 0 Å². The van der Waals surface area contributed by atoms with Gasteiger partial charge in [0.1, 0.15) is 0 Å². The number of benzene rings is 1. The predicted molar refractivity (Wildman–Crippen MR) is 117 cm³/mol. The number of aromatic nitrogens is 3. The van der Waals surface area contributed by atoms with Gasteiger partial charge in [-0.25, -0.2) is 9.50 Å². The van der Waals surface area contributed by atoms with Gasteiger partial charge in [-0.05, 0) is 44.4 Å². The molecule has 0 spiro atoms. The summed E-state index contributed by atoms with van der Waals surface area (Å²) in [5.74, 6) is -1.43. The molecule has 3 aromatic rings. The average molecular weight is 394 g/mol. The van der Waals surface area contributed by atoms with Crippen LogP contribution in [0.2, 0.25) is 0 Å². The van der Waals surface area contributed by atoms with Crippen LogP contribution in [0.5, 0.6) is 0 Å². The van der Waals surface area contributed by atoms with E-state index in [9.17, 15) is 9.90 Å². The lowest BCUT2D eigenvalue weighted by Crippen LogP contribution is -2.17. The molecule has 1 aromatic carbocycles. The topological polar surface area (TPSA) is 67.5 Å². The number of aryl methyl sites for hydroxylation is 3. The summed E-state index contributed by atoms with van der Waals surface area (Å²) < 4.78 is 1.85. The van der Waals surface area contributed by atoms with Crippen LogP contribution in [0.25, 0.3) is 16.9 Å². The maximum Gasteiger partial charge on any atom is 0.311 e. The number of aliphatic carboxylic acids is 1. The smallest absolute Gasteiger partial charge is 0.311 e. The first kappa shape index (κ1) is 21.0. The summed E-state index contributed by atoms with van der Waals surface area (Å²) in [6.45, 7) is 14.4. The average Bonchev–Trinajstić information content (AvgIpc) is 3.05. The number of carbonyl (C=O) groups is 1. The van der Waals surface area contributed by atoms with E-state index in [2.05, 4.69) is 52.8 Å². The second-order valence-corrected chi connectivity index (χ2v) is 8.99. The Morgan fingerprint density at radius 2 is 1.83 bits per heavy atom. The van der Waals surface area contributed by atoms with E-state index >= 15 is 0 Å². The Labute approximate surface area is 172 Å². The van der Waals surface area contributed by atoms with E-state index in [0.717, 1.165) is 40.3 Å². The number of carboxylic acid groups (broad SMARTS) is 1. The third-order valence-corrected chi connectivity index (χ3v) is 5.60.